The minimum Gasteiger partial charge on any atom is -0.494 e. The molecule has 2 rings (SSSR count). The van der Waals surface area contributed by atoms with E-state index in [4.69, 9.17) is 27.9 Å². The number of nitrogens with one attached hydrogen (secondary N) is 1. The van der Waals surface area contributed by atoms with Crippen LogP contribution in [0.2, 0.25) is 10.0 Å². The van der Waals surface area contributed by atoms with Gasteiger partial charge in [0.1, 0.15) is 5.75 Å². The third-order valence-electron chi connectivity index (χ3n) is 3.51. The zero-order chi connectivity index (χ0) is 18.1. The Morgan fingerprint density at radius 1 is 1.08 bits per heavy atom. The largest absolute Gasteiger partial charge is 0.494 e. The van der Waals surface area contributed by atoms with Crippen molar-refractivity contribution in [2.75, 3.05) is 11.9 Å². The van der Waals surface area contributed by atoms with Gasteiger partial charge in [-0.2, -0.15) is 0 Å². The number of unbranched alkanes of at least 4 members (excludes halogenated alkanes) is 2. The Morgan fingerprint density at radius 2 is 1.84 bits per heavy atom. The zero-order valence-electron chi connectivity index (χ0n) is 14.1. The van der Waals surface area contributed by atoms with Crippen molar-refractivity contribution < 1.29 is 9.53 Å². The van der Waals surface area contributed by atoms with Crippen LogP contribution in [-0.4, -0.2) is 12.5 Å². The van der Waals surface area contributed by atoms with Crippen molar-refractivity contribution in [2.45, 2.75) is 26.2 Å². The van der Waals surface area contributed by atoms with Gasteiger partial charge in [0.15, 0.2) is 0 Å². The summed E-state index contributed by atoms with van der Waals surface area (Å²) in [5.41, 5.74) is 1.52. The molecule has 3 nitrogen and oxygen atoms in total. The van der Waals surface area contributed by atoms with Crippen LogP contribution in [0.25, 0.3) is 6.08 Å². The summed E-state index contributed by atoms with van der Waals surface area (Å²) in [5, 5.41) is 3.74. The molecule has 25 heavy (non-hydrogen) atoms. The van der Waals surface area contributed by atoms with Gasteiger partial charge in [0.2, 0.25) is 5.91 Å². The topological polar surface area (TPSA) is 38.3 Å². The molecule has 1 N–H and O–H groups in total. The lowest BCUT2D eigenvalue weighted by molar-refractivity contribution is -0.111. The van der Waals surface area contributed by atoms with E-state index in [0.717, 1.165) is 17.7 Å². The molecule has 0 atom stereocenters. The number of carbonyl (C=O) groups is 1. The van der Waals surface area contributed by atoms with Crippen LogP contribution in [0, 0.1) is 0 Å². The SMILES string of the molecule is CCCCCOc1ccc(NC(=O)C=Cc2ccc(Cl)c(Cl)c2)cc1. The summed E-state index contributed by atoms with van der Waals surface area (Å²) in [4.78, 5) is 12.0. The van der Waals surface area contributed by atoms with E-state index in [2.05, 4.69) is 12.2 Å². The molecular weight excluding hydrogens is 357 g/mol. The molecule has 0 bridgehead atoms. The smallest absolute Gasteiger partial charge is 0.248 e. The lowest BCUT2D eigenvalue weighted by Crippen LogP contribution is -2.07. The summed E-state index contributed by atoms with van der Waals surface area (Å²) in [7, 11) is 0. The van der Waals surface area contributed by atoms with Gasteiger partial charge in [0, 0.05) is 11.8 Å². The van der Waals surface area contributed by atoms with E-state index >= 15 is 0 Å². The van der Waals surface area contributed by atoms with Crippen molar-refractivity contribution >= 4 is 40.9 Å². The fourth-order valence-electron chi connectivity index (χ4n) is 2.15. The molecule has 1 amide bonds. The number of carbonyl (C=O) groups excluding carboxylic acids is 1. The minimum atomic E-state index is -0.220. The third-order valence-corrected chi connectivity index (χ3v) is 4.25. The molecular formula is C20H21Cl2NO2. The van der Waals surface area contributed by atoms with Crippen LogP contribution in [0.1, 0.15) is 31.7 Å². The van der Waals surface area contributed by atoms with Gasteiger partial charge < -0.3 is 10.1 Å². The molecule has 0 radical (unpaired) electrons. The van der Waals surface area contributed by atoms with Crippen molar-refractivity contribution in [1.82, 2.24) is 0 Å². The van der Waals surface area contributed by atoms with Gasteiger partial charge in [-0.05, 0) is 54.5 Å². The molecule has 0 heterocycles. The fourth-order valence-corrected chi connectivity index (χ4v) is 2.45. The van der Waals surface area contributed by atoms with Crippen molar-refractivity contribution in [3.63, 3.8) is 0 Å². The predicted octanol–water partition coefficient (Wildman–Crippen LogP) is 6.21. The Labute approximate surface area is 158 Å². The molecule has 0 spiro atoms. The number of hydrogen-bond acceptors (Lipinski definition) is 2. The lowest BCUT2D eigenvalue weighted by Gasteiger charge is -2.07. The minimum absolute atomic E-state index is 0.220. The number of ether oxygens (including phenoxy) is 1. The van der Waals surface area contributed by atoms with Gasteiger partial charge in [-0.3, -0.25) is 4.79 Å². The summed E-state index contributed by atoms with van der Waals surface area (Å²) >= 11 is 11.8. The van der Waals surface area contributed by atoms with Crippen LogP contribution in [0.3, 0.4) is 0 Å². The first-order valence-electron chi connectivity index (χ1n) is 8.25. The van der Waals surface area contributed by atoms with Gasteiger partial charge in [0.05, 0.1) is 16.7 Å². The van der Waals surface area contributed by atoms with E-state index in [1.807, 2.05) is 24.3 Å². The third kappa shape index (κ3) is 6.81. The summed E-state index contributed by atoms with van der Waals surface area (Å²) in [6.45, 7) is 2.87. The Kier molecular flexibility index (Phi) is 7.83. The number of amides is 1. The van der Waals surface area contributed by atoms with Gasteiger partial charge in [0.25, 0.3) is 0 Å². The van der Waals surface area contributed by atoms with Gasteiger partial charge in [-0.25, -0.2) is 0 Å². The molecule has 132 valence electrons. The van der Waals surface area contributed by atoms with Gasteiger partial charge >= 0.3 is 0 Å². The molecule has 0 saturated carbocycles. The average molecular weight is 378 g/mol. The van der Waals surface area contributed by atoms with Gasteiger partial charge in [-0.15, -0.1) is 0 Å². The number of halogens is 2. The van der Waals surface area contributed by atoms with Crippen LogP contribution >= 0.6 is 23.2 Å². The van der Waals surface area contributed by atoms with Crippen molar-refractivity contribution in [3.8, 4) is 5.75 Å². The second kappa shape index (κ2) is 10.1. The summed E-state index contributed by atoms with van der Waals surface area (Å²) in [6, 6.07) is 12.5. The maximum Gasteiger partial charge on any atom is 0.248 e. The van der Waals surface area contributed by atoms with E-state index < -0.39 is 0 Å². The molecule has 0 aliphatic heterocycles. The second-order valence-corrected chi connectivity index (χ2v) is 6.39. The average Bonchev–Trinajstić information content (AvgIpc) is 2.61. The van der Waals surface area contributed by atoms with E-state index in [-0.39, 0.29) is 5.91 Å². The first-order chi connectivity index (χ1) is 12.1. The number of rotatable bonds is 8. The molecule has 5 heteroatoms. The van der Waals surface area contributed by atoms with E-state index in [1.54, 1.807) is 24.3 Å². The summed E-state index contributed by atoms with van der Waals surface area (Å²) in [5.74, 6) is 0.586. The highest BCUT2D eigenvalue weighted by atomic mass is 35.5. The molecule has 0 saturated heterocycles. The summed E-state index contributed by atoms with van der Waals surface area (Å²) in [6.07, 6.45) is 6.52. The molecule has 2 aromatic carbocycles. The number of hydrogen-bond donors (Lipinski definition) is 1. The highest BCUT2D eigenvalue weighted by Gasteiger charge is 2.01. The van der Waals surface area contributed by atoms with Crippen molar-refractivity contribution in [3.05, 3.63) is 64.1 Å². The zero-order valence-corrected chi connectivity index (χ0v) is 15.6. The van der Waals surface area contributed by atoms with Crippen LogP contribution in [0.4, 0.5) is 5.69 Å². The van der Waals surface area contributed by atoms with Crippen molar-refractivity contribution in [1.29, 1.82) is 0 Å². The first-order valence-corrected chi connectivity index (χ1v) is 9.01. The normalized spacial score (nSPS) is 10.8. The summed E-state index contributed by atoms with van der Waals surface area (Å²) < 4.78 is 5.64. The second-order valence-electron chi connectivity index (χ2n) is 5.58. The maximum absolute atomic E-state index is 12.0. The standard InChI is InChI=1S/C20H21Cl2NO2/c1-2-3-4-13-25-17-9-7-16(8-10-17)23-20(24)12-6-15-5-11-18(21)19(22)14-15/h5-12,14H,2-4,13H2,1H3,(H,23,24). The van der Waals surface area contributed by atoms with Crippen LogP contribution in [-0.2, 0) is 4.79 Å². The maximum atomic E-state index is 12.0. The van der Waals surface area contributed by atoms with Crippen molar-refractivity contribution in [2.24, 2.45) is 0 Å². The highest BCUT2D eigenvalue weighted by Crippen LogP contribution is 2.23. The Hall–Kier alpha value is -1.97. The van der Waals surface area contributed by atoms with E-state index in [9.17, 15) is 4.79 Å². The Bertz CT molecular complexity index is 727. The molecule has 0 unspecified atom stereocenters. The first kappa shape index (κ1) is 19.4. The number of anilines is 1. The van der Waals surface area contributed by atoms with Crippen LogP contribution < -0.4 is 10.1 Å². The number of benzene rings is 2. The van der Waals surface area contributed by atoms with Crippen LogP contribution in [0.15, 0.2) is 48.5 Å². The Balaban J connectivity index is 1.85. The molecule has 0 aromatic heterocycles. The molecule has 0 aliphatic carbocycles. The van der Waals surface area contributed by atoms with E-state index in [0.29, 0.717) is 22.3 Å². The predicted molar refractivity (Wildman–Crippen MR) is 106 cm³/mol. The van der Waals surface area contributed by atoms with E-state index in [1.165, 1.54) is 18.9 Å². The van der Waals surface area contributed by atoms with Crippen LogP contribution in [0.5, 0.6) is 5.75 Å². The van der Waals surface area contributed by atoms with Gasteiger partial charge in [-0.1, -0.05) is 49.0 Å². The monoisotopic (exact) mass is 377 g/mol. The lowest BCUT2D eigenvalue weighted by atomic mass is 10.2. The molecule has 0 aliphatic rings. The molecule has 2 aromatic rings. The molecule has 0 fully saturated rings. The Morgan fingerprint density at radius 3 is 2.52 bits per heavy atom. The fraction of sp³-hybridized carbons (Fsp3) is 0.250. The quantitative estimate of drug-likeness (QED) is 0.438. The highest BCUT2D eigenvalue weighted by molar-refractivity contribution is 6.42.